The Kier molecular flexibility index (Phi) is 4.47. The van der Waals surface area contributed by atoms with E-state index in [1.807, 2.05) is 13.8 Å². The highest BCUT2D eigenvalue weighted by atomic mass is 32.1. The highest BCUT2D eigenvalue weighted by Gasteiger charge is 2.15. The van der Waals surface area contributed by atoms with E-state index in [9.17, 15) is 4.79 Å². The lowest BCUT2D eigenvalue weighted by Crippen LogP contribution is -2.31. The third-order valence-corrected chi connectivity index (χ3v) is 1.47. The standard InChI is InChI=1S/C6H13NO2S/c1-4(2)3-5(7-10)6(8)9/h4-5,7,10H,3H2,1-2H3,(H,8,9). The molecule has 1 atom stereocenters. The van der Waals surface area contributed by atoms with Gasteiger partial charge in [-0.25, -0.2) is 0 Å². The van der Waals surface area contributed by atoms with Gasteiger partial charge in [0.1, 0.15) is 6.04 Å². The smallest absolute Gasteiger partial charge is 0.321 e. The molecule has 0 aromatic carbocycles. The molecule has 4 heteroatoms. The zero-order valence-electron chi connectivity index (χ0n) is 6.16. The van der Waals surface area contributed by atoms with Crippen LogP contribution >= 0.6 is 12.8 Å². The van der Waals surface area contributed by atoms with Crippen molar-refractivity contribution >= 4 is 18.8 Å². The lowest BCUT2D eigenvalue weighted by Gasteiger charge is -2.11. The third-order valence-electron chi connectivity index (χ3n) is 1.16. The molecule has 0 bridgehead atoms. The zero-order chi connectivity index (χ0) is 8.15. The lowest BCUT2D eigenvalue weighted by atomic mass is 10.1. The van der Waals surface area contributed by atoms with Gasteiger partial charge in [-0.2, -0.15) is 0 Å². The van der Waals surface area contributed by atoms with E-state index in [2.05, 4.69) is 17.5 Å². The molecule has 0 aromatic rings. The van der Waals surface area contributed by atoms with Crippen molar-refractivity contribution in [3.63, 3.8) is 0 Å². The molecule has 0 saturated heterocycles. The van der Waals surface area contributed by atoms with Gasteiger partial charge in [-0.1, -0.05) is 26.7 Å². The van der Waals surface area contributed by atoms with Crippen LogP contribution in [0.2, 0.25) is 0 Å². The van der Waals surface area contributed by atoms with Gasteiger partial charge in [0.05, 0.1) is 0 Å². The van der Waals surface area contributed by atoms with Crippen molar-refractivity contribution in [3.05, 3.63) is 0 Å². The maximum Gasteiger partial charge on any atom is 0.321 e. The van der Waals surface area contributed by atoms with Gasteiger partial charge in [0, 0.05) is 0 Å². The first-order valence-electron chi connectivity index (χ1n) is 3.20. The van der Waals surface area contributed by atoms with Crippen LogP contribution < -0.4 is 4.72 Å². The van der Waals surface area contributed by atoms with E-state index in [1.165, 1.54) is 0 Å². The number of aliphatic carboxylic acids is 1. The molecule has 1 unspecified atom stereocenters. The largest absolute Gasteiger partial charge is 0.480 e. The number of hydrogen-bond acceptors (Lipinski definition) is 3. The fourth-order valence-corrected chi connectivity index (χ4v) is 0.896. The second-order valence-electron chi connectivity index (χ2n) is 2.65. The van der Waals surface area contributed by atoms with E-state index >= 15 is 0 Å². The Morgan fingerprint density at radius 2 is 2.20 bits per heavy atom. The molecule has 3 nitrogen and oxygen atoms in total. The van der Waals surface area contributed by atoms with E-state index in [-0.39, 0.29) is 0 Å². The molecule has 0 aliphatic heterocycles. The molecule has 0 spiro atoms. The second kappa shape index (κ2) is 4.57. The van der Waals surface area contributed by atoms with Crippen molar-refractivity contribution in [2.75, 3.05) is 0 Å². The molecule has 10 heavy (non-hydrogen) atoms. The zero-order valence-corrected chi connectivity index (χ0v) is 7.06. The van der Waals surface area contributed by atoms with Crippen LogP contribution in [0.25, 0.3) is 0 Å². The van der Waals surface area contributed by atoms with Crippen LogP contribution in [0.4, 0.5) is 0 Å². The molecule has 0 amide bonds. The van der Waals surface area contributed by atoms with Crippen molar-refractivity contribution in [1.29, 1.82) is 0 Å². The summed E-state index contributed by atoms with van der Waals surface area (Å²) >= 11 is 3.70. The van der Waals surface area contributed by atoms with E-state index in [0.717, 1.165) is 0 Å². The molecule has 60 valence electrons. The van der Waals surface area contributed by atoms with Gasteiger partial charge in [-0.3, -0.25) is 9.52 Å². The third kappa shape index (κ3) is 3.74. The maximum absolute atomic E-state index is 10.4. The maximum atomic E-state index is 10.4. The van der Waals surface area contributed by atoms with Crippen LogP contribution in [0.15, 0.2) is 0 Å². The van der Waals surface area contributed by atoms with Crippen molar-refractivity contribution in [2.45, 2.75) is 26.3 Å². The Hall–Kier alpha value is -0.220. The number of carbonyl (C=O) groups is 1. The Labute approximate surface area is 66.4 Å². The van der Waals surface area contributed by atoms with Gasteiger partial charge in [-0.05, 0) is 12.3 Å². The summed E-state index contributed by atoms with van der Waals surface area (Å²) < 4.78 is 2.43. The molecule has 2 N–H and O–H groups in total. The molecular weight excluding hydrogens is 150 g/mol. The van der Waals surface area contributed by atoms with Gasteiger partial charge >= 0.3 is 5.97 Å². The summed E-state index contributed by atoms with van der Waals surface area (Å²) in [6.45, 7) is 3.95. The first-order valence-corrected chi connectivity index (χ1v) is 3.65. The van der Waals surface area contributed by atoms with Gasteiger partial charge in [0.25, 0.3) is 0 Å². The summed E-state index contributed by atoms with van der Waals surface area (Å²) in [5.74, 6) is -0.468. The average molecular weight is 163 g/mol. The summed E-state index contributed by atoms with van der Waals surface area (Å²) in [7, 11) is 0. The molecule has 0 fully saturated rings. The number of rotatable bonds is 4. The highest BCUT2D eigenvalue weighted by Crippen LogP contribution is 2.04. The number of nitrogens with one attached hydrogen (secondary N) is 1. The van der Waals surface area contributed by atoms with Gasteiger partial charge in [0.2, 0.25) is 0 Å². The fourth-order valence-electron chi connectivity index (χ4n) is 0.680. The molecular formula is C6H13NO2S. The second-order valence-corrected chi connectivity index (χ2v) is 2.91. The first-order chi connectivity index (χ1) is 4.57. The van der Waals surface area contributed by atoms with Crippen molar-refractivity contribution in [1.82, 2.24) is 4.72 Å². The van der Waals surface area contributed by atoms with Gasteiger partial charge in [0.15, 0.2) is 0 Å². The molecule has 0 aliphatic rings. The average Bonchev–Trinajstić information content (AvgIpc) is 1.81. The normalized spacial score (nSPS) is 13.6. The van der Waals surface area contributed by atoms with E-state index in [0.29, 0.717) is 12.3 Å². The number of hydrogen-bond donors (Lipinski definition) is 3. The van der Waals surface area contributed by atoms with Crippen molar-refractivity contribution < 1.29 is 9.90 Å². The predicted octanol–water partition coefficient (Wildman–Crippen LogP) is 0.920. The monoisotopic (exact) mass is 163 g/mol. The first kappa shape index (κ1) is 9.78. The molecule has 0 heterocycles. The van der Waals surface area contributed by atoms with E-state index in [1.54, 1.807) is 0 Å². The van der Waals surface area contributed by atoms with E-state index in [4.69, 9.17) is 5.11 Å². The minimum atomic E-state index is -0.844. The molecule has 0 saturated carbocycles. The van der Waals surface area contributed by atoms with Crippen LogP contribution in [0, 0.1) is 5.92 Å². The van der Waals surface area contributed by atoms with Crippen LogP contribution in [-0.2, 0) is 4.79 Å². The minimum absolute atomic E-state index is 0.376. The Morgan fingerprint density at radius 3 is 2.30 bits per heavy atom. The van der Waals surface area contributed by atoms with Crippen molar-refractivity contribution in [3.8, 4) is 0 Å². The summed E-state index contributed by atoms with van der Waals surface area (Å²) in [6.07, 6.45) is 0.610. The fraction of sp³-hybridized carbons (Fsp3) is 0.833. The minimum Gasteiger partial charge on any atom is -0.480 e. The van der Waals surface area contributed by atoms with Gasteiger partial charge in [-0.15, -0.1) is 0 Å². The van der Waals surface area contributed by atoms with Crippen LogP contribution in [-0.4, -0.2) is 17.1 Å². The SMILES string of the molecule is CC(C)CC(NS)C(=O)O. The van der Waals surface area contributed by atoms with Crippen LogP contribution in [0.5, 0.6) is 0 Å². The van der Waals surface area contributed by atoms with Crippen molar-refractivity contribution in [2.24, 2.45) is 5.92 Å². The Bertz CT molecular complexity index is 116. The number of thiol groups is 1. The molecule has 0 aliphatic carbocycles. The Balaban J connectivity index is 3.72. The molecule has 0 aromatic heterocycles. The summed E-state index contributed by atoms with van der Waals surface area (Å²) in [6, 6.07) is -0.525. The van der Waals surface area contributed by atoms with Crippen LogP contribution in [0.1, 0.15) is 20.3 Å². The van der Waals surface area contributed by atoms with E-state index < -0.39 is 12.0 Å². The summed E-state index contributed by atoms with van der Waals surface area (Å²) in [5.41, 5.74) is 0. The summed E-state index contributed by atoms with van der Waals surface area (Å²) in [5, 5.41) is 8.51. The summed E-state index contributed by atoms with van der Waals surface area (Å²) in [4.78, 5) is 10.4. The number of carboxylic acid groups (broad SMARTS) is 1. The predicted molar refractivity (Wildman–Crippen MR) is 43.0 cm³/mol. The topological polar surface area (TPSA) is 49.3 Å². The van der Waals surface area contributed by atoms with Gasteiger partial charge < -0.3 is 5.11 Å². The van der Waals surface area contributed by atoms with Crippen LogP contribution in [0.3, 0.4) is 0 Å². The molecule has 0 radical (unpaired) electrons. The quantitative estimate of drug-likeness (QED) is 0.540. The molecule has 0 rings (SSSR count). The lowest BCUT2D eigenvalue weighted by molar-refractivity contribution is -0.139. The highest BCUT2D eigenvalue weighted by molar-refractivity contribution is 7.78. The number of carboxylic acids is 1. The Morgan fingerprint density at radius 1 is 1.70 bits per heavy atom.